The van der Waals surface area contributed by atoms with E-state index in [4.69, 9.17) is 5.73 Å². The number of phenols is 1. The van der Waals surface area contributed by atoms with Crippen LogP contribution in [-0.2, 0) is 0 Å². The Hall–Kier alpha value is -0.0300. The van der Waals surface area contributed by atoms with Crippen LogP contribution in [0.4, 0.5) is 0 Å². The van der Waals surface area contributed by atoms with Gasteiger partial charge in [-0.25, -0.2) is 0 Å². The molecule has 0 amide bonds. The summed E-state index contributed by atoms with van der Waals surface area (Å²) in [7, 11) is 0. The van der Waals surface area contributed by atoms with Crippen molar-refractivity contribution in [3.63, 3.8) is 0 Å². The second-order valence-corrected chi connectivity index (χ2v) is 5.31. The lowest BCUT2D eigenvalue weighted by atomic mass is 10.0. The molecule has 0 aliphatic rings. The van der Waals surface area contributed by atoms with Crippen molar-refractivity contribution in [3.8, 4) is 5.75 Å². The largest absolute Gasteiger partial charge is 0.506 e. The van der Waals surface area contributed by atoms with Gasteiger partial charge in [-0.1, -0.05) is 5.57 Å². The van der Waals surface area contributed by atoms with Crippen LogP contribution in [0.15, 0.2) is 33.2 Å². The summed E-state index contributed by atoms with van der Waals surface area (Å²) in [4.78, 5) is 0. The Kier molecular flexibility index (Phi) is 6.63. The number of aromatic hydroxyl groups is 1. The number of phenolic OH excluding ortho intramolecular Hbond substituents is 1. The maximum absolute atomic E-state index is 9.54. The van der Waals surface area contributed by atoms with E-state index >= 15 is 0 Å². The SMILES string of the molecule is C=C(C)C[C@@H](N)c1cc(Br)c(O)c(Br)c1.Cl. The molecule has 0 aromatic heterocycles. The molecule has 0 aliphatic heterocycles. The minimum absolute atomic E-state index is 0. The van der Waals surface area contributed by atoms with Gasteiger partial charge in [0.05, 0.1) is 8.95 Å². The predicted octanol–water partition coefficient (Wildman–Crippen LogP) is 4.31. The third kappa shape index (κ3) is 4.09. The molecule has 1 rings (SSSR count). The second kappa shape index (κ2) is 6.64. The fourth-order valence-corrected chi connectivity index (χ4v) is 2.51. The van der Waals surface area contributed by atoms with Gasteiger partial charge in [0.1, 0.15) is 5.75 Å². The van der Waals surface area contributed by atoms with Gasteiger partial charge in [0.2, 0.25) is 0 Å². The highest BCUT2D eigenvalue weighted by Gasteiger charge is 2.11. The number of benzene rings is 1. The standard InChI is InChI=1S/C11H13Br2NO.ClH/c1-6(2)3-10(14)7-4-8(12)11(15)9(13)5-7;/h4-5,10,15H,1,3,14H2,2H3;1H/t10-;/m1./s1. The van der Waals surface area contributed by atoms with Gasteiger partial charge in [-0.3, -0.25) is 0 Å². The first-order valence-corrected chi connectivity index (χ1v) is 6.08. The lowest BCUT2D eigenvalue weighted by molar-refractivity contribution is 0.468. The molecule has 1 atom stereocenters. The Balaban J connectivity index is 0.00000225. The summed E-state index contributed by atoms with van der Waals surface area (Å²) < 4.78 is 1.29. The Morgan fingerprint density at radius 1 is 1.44 bits per heavy atom. The van der Waals surface area contributed by atoms with Crippen LogP contribution in [0.1, 0.15) is 24.9 Å². The third-order valence-corrected chi connectivity index (χ3v) is 3.24. The van der Waals surface area contributed by atoms with Crippen molar-refractivity contribution >= 4 is 44.3 Å². The van der Waals surface area contributed by atoms with E-state index in [1.807, 2.05) is 19.1 Å². The molecule has 0 heterocycles. The van der Waals surface area contributed by atoms with Crippen LogP contribution >= 0.6 is 44.3 Å². The van der Waals surface area contributed by atoms with Gasteiger partial charge < -0.3 is 10.8 Å². The predicted molar refractivity (Wildman–Crippen MR) is 77.1 cm³/mol. The zero-order valence-corrected chi connectivity index (χ0v) is 12.8. The van der Waals surface area contributed by atoms with E-state index in [0.717, 1.165) is 17.6 Å². The van der Waals surface area contributed by atoms with Gasteiger partial charge in [-0.05, 0) is 62.9 Å². The van der Waals surface area contributed by atoms with Gasteiger partial charge in [-0.15, -0.1) is 19.0 Å². The molecule has 0 spiro atoms. The molecular formula is C11H14Br2ClNO. The first kappa shape index (κ1) is 16.0. The normalized spacial score (nSPS) is 11.8. The maximum atomic E-state index is 9.54. The van der Waals surface area contributed by atoms with E-state index in [0.29, 0.717) is 8.95 Å². The first-order valence-electron chi connectivity index (χ1n) is 4.49. The summed E-state index contributed by atoms with van der Waals surface area (Å²) >= 11 is 6.55. The number of rotatable bonds is 3. The molecule has 0 unspecified atom stereocenters. The van der Waals surface area contributed by atoms with Crippen molar-refractivity contribution < 1.29 is 5.11 Å². The van der Waals surface area contributed by atoms with E-state index in [9.17, 15) is 5.11 Å². The fraction of sp³-hybridized carbons (Fsp3) is 0.273. The summed E-state index contributed by atoms with van der Waals surface area (Å²) in [5.74, 6) is 0.196. The average molecular weight is 371 g/mol. The molecule has 2 nitrogen and oxygen atoms in total. The van der Waals surface area contributed by atoms with Crippen LogP contribution < -0.4 is 5.73 Å². The molecule has 0 saturated heterocycles. The van der Waals surface area contributed by atoms with Gasteiger partial charge in [0, 0.05) is 6.04 Å². The second-order valence-electron chi connectivity index (χ2n) is 3.60. The first-order chi connectivity index (χ1) is 6.91. The Bertz CT molecular complexity index is 373. The third-order valence-electron chi connectivity index (χ3n) is 2.04. The smallest absolute Gasteiger partial charge is 0.143 e. The number of nitrogens with two attached hydrogens (primary N) is 1. The molecule has 5 heteroatoms. The van der Waals surface area contributed by atoms with Crippen LogP contribution in [0.2, 0.25) is 0 Å². The Morgan fingerprint density at radius 2 is 1.88 bits per heavy atom. The van der Waals surface area contributed by atoms with Crippen molar-refractivity contribution in [1.82, 2.24) is 0 Å². The Morgan fingerprint density at radius 3 is 2.25 bits per heavy atom. The van der Waals surface area contributed by atoms with Gasteiger partial charge in [0.25, 0.3) is 0 Å². The Labute approximate surface area is 119 Å². The van der Waals surface area contributed by atoms with Crippen LogP contribution in [-0.4, -0.2) is 5.11 Å². The molecular weight excluding hydrogens is 357 g/mol. The molecule has 1 aromatic rings. The monoisotopic (exact) mass is 369 g/mol. The van der Waals surface area contributed by atoms with E-state index in [-0.39, 0.29) is 24.2 Å². The highest BCUT2D eigenvalue weighted by atomic mass is 79.9. The molecule has 16 heavy (non-hydrogen) atoms. The summed E-state index contributed by atoms with van der Waals surface area (Å²) in [6.45, 7) is 5.78. The van der Waals surface area contributed by atoms with Crippen molar-refractivity contribution in [1.29, 1.82) is 0 Å². The van der Waals surface area contributed by atoms with Gasteiger partial charge in [0.15, 0.2) is 0 Å². The number of hydrogen-bond acceptors (Lipinski definition) is 2. The van der Waals surface area contributed by atoms with Gasteiger partial charge in [-0.2, -0.15) is 0 Å². The zero-order chi connectivity index (χ0) is 11.6. The highest BCUT2D eigenvalue weighted by molar-refractivity contribution is 9.11. The summed E-state index contributed by atoms with van der Waals surface area (Å²) in [6.07, 6.45) is 0.740. The summed E-state index contributed by atoms with van der Waals surface area (Å²) in [6, 6.07) is 3.57. The van der Waals surface area contributed by atoms with Crippen molar-refractivity contribution in [2.75, 3.05) is 0 Å². The molecule has 0 fully saturated rings. The number of hydrogen-bond donors (Lipinski definition) is 2. The average Bonchev–Trinajstić information content (AvgIpc) is 2.12. The maximum Gasteiger partial charge on any atom is 0.143 e. The molecule has 0 radical (unpaired) electrons. The van der Waals surface area contributed by atoms with E-state index in [1.54, 1.807) is 0 Å². The topological polar surface area (TPSA) is 46.2 Å². The number of halogens is 3. The minimum Gasteiger partial charge on any atom is -0.506 e. The van der Waals surface area contributed by atoms with E-state index in [2.05, 4.69) is 38.4 Å². The minimum atomic E-state index is -0.0873. The summed E-state index contributed by atoms with van der Waals surface area (Å²) in [5.41, 5.74) is 8.01. The quantitative estimate of drug-likeness (QED) is 0.778. The highest BCUT2D eigenvalue weighted by Crippen LogP contribution is 2.35. The van der Waals surface area contributed by atoms with Crippen LogP contribution in [0.25, 0.3) is 0 Å². The lowest BCUT2D eigenvalue weighted by Crippen LogP contribution is -2.10. The fourth-order valence-electron chi connectivity index (χ4n) is 1.29. The molecule has 0 saturated carbocycles. The van der Waals surface area contributed by atoms with E-state index < -0.39 is 0 Å². The van der Waals surface area contributed by atoms with Crippen LogP contribution in [0, 0.1) is 0 Å². The molecule has 0 bridgehead atoms. The van der Waals surface area contributed by atoms with Crippen molar-refractivity contribution in [2.24, 2.45) is 5.73 Å². The van der Waals surface area contributed by atoms with E-state index in [1.165, 1.54) is 0 Å². The molecule has 0 aliphatic carbocycles. The summed E-state index contributed by atoms with van der Waals surface area (Å²) in [5, 5.41) is 9.54. The van der Waals surface area contributed by atoms with Crippen LogP contribution in [0.3, 0.4) is 0 Å². The van der Waals surface area contributed by atoms with Crippen molar-refractivity contribution in [3.05, 3.63) is 38.8 Å². The molecule has 90 valence electrons. The van der Waals surface area contributed by atoms with Gasteiger partial charge >= 0.3 is 0 Å². The molecule has 3 N–H and O–H groups in total. The zero-order valence-electron chi connectivity index (χ0n) is 8.84. The molecule has 1 aromatic carbocycles. The van der Waals surface area contributed by atoms with Crippen LogP contribution in [0.5, 0.6) is 5.75 Å². The van der Waals surface area contributed by atoms with Crippen molar-refractivity contribution in [2.45, 2.75) is 19.4 Å². The lowest BCUT2D eigenvalue weighted by Gasteiger charge is -2.13.